The minimum Gasteiger partial charge on any atom is -0.146 e. The number of azo groups is 2. The Hall–Kier alpha value is -0.730. The summed E-state index contributed by atoms with van der Waals surface area (Å²) in [5, 5.41) is 3.76. The molecule has 7 heavy (non-hydrogen) atoms. The van der Waals surface area contributed by atoms with Crippen molar-refractivity contribution in [2.24, 2.45) is 10.1 Å². The van der Waals surface area contributed by atoms with Crippen LogP contribution in [0.4, 0.5) is 0 Å². The van der Waals surface area contributed by atoms with Gasteiger partial charge < -0.3 is 0 Å². The number of rotatable bonds is 1. The van der Waals surface area contributed by atoms with Crippen LogP contribution in [0.5, 0.6) is 0 Å². The number of hydrogen-bond donors (Lipinski definition) is 0. The molecule has 0 aliphatic rings. The van der Waals surface area contributed by atoms with Crippen LogP contribution < -0.4 is 0 Å². The van der Waals surface area contributed by atoms with Crippen LogP contribution in [0.1, 0.15) is 0 Å². The second-order valence-corrected chi connectivity index (χ2v) is 1.15. The molecule has 0 saturated carbocycles. The van der Waals surface area contributed by atoms with Gasteiger partial charge in [0.15, 0.2) is 0 Å². The van der Waals surface area contributed by atoms with Gasteiger partial charge in [0.25, 0.3) is 6.34 Å². The van der Waals surface area contributed by atoms with Gasteiger partial charge in [-0.1, -0.05) is 4.99 Å². The lowest BCUT2D eigenvalue weighted by Gasteiger charge is -1.76. The number of nitrogens with zero attached hydrogens (tertiary/aromatic N) is 3. The monoisotopic (exact) mass is 100 g/mol. The summed E-state index contributed by atoms with van der Waals surface area (Å²) < 4.78 is 1.64. The van der Waals surface area contributed by atoms with Crippen molar-refractivity contribution in [2.45, 2.75) is 0 Å². The summed E-state index contributed by atoms with van der Waals surface area (Å²) in [6.07, 6.45) is 1.64. The molecule has 0 spiro atoms. The Morgan fingerprint density at radius 2 is 2.00 bits per heavy atom. The molecular formula is C4H10N3+. The average Bonchev–Trinajstić information content (AvgIpc) is 1.68. The maximum Gasteiger partial charge on any atom is 0.299 e. The SMILES string of the molecule is CN=C[N+](C)=NC. The van der Waals surface area contributed by atoms with Gasteiger partial charge in [-0.05, 0) is 0 Å². The molecule has 0 N–H and O–H groups in total. The summed E-state index contributed by atoms with van der Waals surface area (Å²) in [5.41, 5.74) is 0. The molecule has 0 saturated heterocycles. The van der Waals surface area contributed by atoms with Gasteiger partial charge in [0.2, 0.25) is 0 Å². The molecule has 0 fully saturated rings. The van der Waals surface area contributed by atoms with Crippen molar-refractivity contribution in [3.8, 4) is 0 Å². The highest BCUT2D eigenvalue weighted by molar-refractivity contribution is 5.42. The van der Waals surface area contributed by atoms with E-state index in [1.165, 1.54) is 0 Å². The van der Waals surface area contributed by atoms with E-state index in [1.54, 1.807) is 25.1 Å². The van der Waals surface area contributed by atoms with Gasteiger partial charge in [0.1, 0.15) is 14.1 Å². The largest absolute Gasteiger partial charge is 0.299 e. The van der Waals surface area contributed by atoms with Crippen LogP contribution in [0.15, 0.2) is 10.1 Å². The predicted molar refractivity (Wildman–Crippen MR) is 29.0 cm³/mol. The predicted octanol–water partition coefficient (Wildman–Crippen LogP) is 0.369. The van der Waals surface area contributed by atoms with Crippen LogP contribution in [-0.2, 0) is 0 Å². The van der Waals surface area contributed by atoms with Crippen LogP contribution >= 0.6 is 0 Å². The Morgan fingerprint density at radius 1 is 1.43 bits per heavy atom. The molecule has 0 aromatic carbocycles. The van der Waals surface area contributed by atoms with E-state index in [-0.39, 0.29) is 0 Å². The molecule has 0 amide bonds. The van der Waals surface area contributed by atoms with E-state index < -0.39 is 0 Å². The number of aliphatic imine (C=N–C) groups is 1. The molecule has 3 heteroatoms. The number of hydrogen-bond acceptors (Lipinski definition) is 2. The first-order chi connectivity index (χ1) is 3.31. The smallest absolute Gasteiger partial charge is 0.146 e. The second-order valence-electron chi connectivity index (χ2n) is 1.15. The van der Waals surface area contributed by atoms with Gasteiger partial charge in [0, 0.05) is 0 Å². The highest BCUT2D eigenvalue weighted by Gasteiger charge is 1.77. The summed E-state index contributed by atoms with van der Waals surface area (Å²) in [5.74, 6) is 0. The van der Waals surface area contributed by atoms with E-state index in [9.17, 15) is 0 Å². The van der Waals surface area contributed by atoms with Crippen molar-refractivity contribution in [3.05, 3.63) is 0 Å². The summed E-state index contributed by atoms with van der Waals surface area (Å²) >= 11 is 0. The molecule has 0 unspecified atom stereocenters. The third kappa shape index (κ3) is 3.09. The van der Waals surface area contributed by atoms with E-state index in [2.05, 4.69) is 10.1 Å². The maximum atomic E-state index is 3.76. The van der Waals surface area contributed by atoms with Gasteiger partial charge in [0.05, 0.1) is 7.05 Å². The summed E-state index contributed by atoms with van der Waals surface area (Å²) in [6.45, 7) is 0. The summed E-state index contributed by atoms with van der Waals surface area (Å²) in [7, 11) is 5.25. The quantitative estimate of drug-likeness (QED) is 0.197. The van der Waals surface area contributed by atoms with E-state index in [0.29, 0.717) is 0 Å². The van der Waals surface area contributed by atoms with Crippen LogP contribution in [-0.4, -0.2) is 32.2 Å². The van der Waals surface area contributed by atoms with Gasteiger partial charge in [-0.25, -0.2) is 0 Å². The van der Waals surface area contributed by atoms with Crippen LogP contribution in [0.25, 0.3) is 0 Å². The molecular weight excluding hydrogens is 90.1 g/mol. The minimum atomic E-state index is 1.64. The molecule has 0 aliphatic carbocycles. The highest BCUT2D eigenvalue weighted by Crippen LogP contribution is 1.59. The van der Waals surface area contributed by atoms with Gasteiger partial charge in [-0.3, -0.25) is 0 Å². The average molecular weight is 100 g/mol. The Labute approximate surface area is 43.4 Å². The van der Waals surface area contributed by atoms with Crippen molar-refractivity contribution in [1.29, 1.82) is 0 Å². The molecule has 0 bridgehead atoms. The lowest BCUT2D eigenvalue weighted by atomic mass is 11.1. The molecule has 3 nitrogen and oxygen atoms in total. The van der Waals surface area contributed by atoms with Crippen LogP contribution in [0.3, 0.4) is 0 Å². The van der Waals surface area contributed by atoms with Gasteiger partial charge in [-0.2, -0.15) is 0 Å². The van der Waals surface area contributed by atoms with E-state index in [0.717, 1.165) is 0 Å². The first kappa shape index (κ1) is 6.27. The molecule has 0 atom stereocenters. The Kier molecular flexibility index (Phi) is 3.10. The van der Waals surface area contributed by atoms with Crippen molar-refractivity contribution >= 4 is 6.34 Å². The van der Waals surface area contributed by atoms with E-state index in [4.69, 9.17) is 0 Å². The zero-order valence-electron chi connectivity index (χ0n) is 4.92. The molecule has 0 heterocycles. The normalized spacial score (nSPS) is 13.3. The van der Waals surface area contributed by atoms with Crippen LogP contribution in [0, 0.1) is 0 Å². The first-order valence-corrected chi connectivity index (χ1v) is 2.06. The molecule has 0 aromatic heterocycles. The molecule has 0 aromatic rings. The summed E-state index contributed by atoms with van der Waals surface area (Å²) in [4.78, 5) is 3.71. The highest BCUT2D eigenvalue weighted by atomic mass is 15.2. The lowest BCUT2D eigenvalue weighted by molar-refractivity contribution is -0.439. The molecule has 40 valence electrons. The zero-order valence-corrected chi connectivity index (χ0v) is 4.92. The van der Waals surface area contributed by atoms with E-state index in [1.807, 2.05) is 7.05 Å². The first-order valence-electron chi connectivity index (χ1n) is 2.06. The van der Waals surface area contributed by atoms with Crippen molar-refractivity contribution in [2.75, 3.05) is 21.1 Å². The fourth-order valence-electron chi connectivity index (χ4n) is 0.219. The fourth-order valence-corrected chi connectivity index (χ4v) is 0.219. The van der Waals surface area contributed by atoms with Crippen molar-refractivity contribution in [3.63, 3.8) is 0 Å². The van der Waals surface area contributed by atoms with Crippen LogP contribution in [0.2, 0.25) is 0 Å². The lowest BCUT2D eigenvalue weighted by Crippen LogP contribution is -1.96. The molecule has 0 rings (SSSR count). The Balaban J connectivity index is 3.58. The van der Waals surface area contributed by atoms with Gasteiger partial charge in [-0.15, -0.1) is 9.81 Å². The summed E-state index contributed by atoms with van der Waals surface area (Å²) in [6, 6.07) is 0. The third-order valence-corrected chi connectivity index (χ3v) is 0.598. The topological polar surface area (TPSA) is 27.7 Å². The third-order valence-electron chi connectivity index (χ3n) is 0.598. The standard InChI is InChI=1S/C4H10N3/c1-5-4-7(3)6-2/h4H,1-3H3/q+1. The Bertz CT molecular complexity index is 93.1. The minimum absolute atomic E-state index is 1.64. The zero-order chi connectivity index (χ0) is 5.70. The second kappa shape index (κ2) is 3.46. The van der Waals surface area contributed by atoms with Crippen molar-refractivity contribution < 1.29 is 4.70 Å². The molecule has 0 aliphatic heterocycles. The Morgan fingerprint density at radius 3 is 2.14 bits per heavy atom. The van der Waals surface area contributed by atoms with Crippen molar-refractivity contribution in [1.82, 2.24) is 0 Å². The maximum absolute atomic E-state index is 3.76. The van der Waals surface area contributed by atoms with E-state index >= 15 is 0 Å². The van der Waals surface area contributed by atoms with Gasteiger partial charge >= 0.3 is 0 Å². The molecule has 0 radical (unpaired) electrons. The fraction of sp³-hybridized carbons (Fsp3) is 0.750.